The highest BCUT2D eigenvalue weighted by Crippen LogP contribution is 2.42. The summed E-state index contributed by atoms with van der Waals surface area (Å²) in [4.78, 5) is 26.1. The van der Waals surface area contributed by atoms with Crippen LogP contribution in [0, 0.1) is 0 Å². The normalized spacial score (nSPS) is 23.4. The number of allylic oxidation sites excluding steroid dienone is 2. The van der Waals surface area contributed by atoms with Crippen LogP contribution < -0.4 is 0 Å². The van der Waals surface area contributed by atoms with Crippen molar-refractivity contribution in [2.75, 3.05) is 12.8 Å². The molecule has 0 fully saturated rings. The van der Waals surface area contributed by atoms with Crippen LogP contribution in [0.5, 0.6) is 0 Å². The van der Waals surface area contributed by atoms with Crippen LogP contribution in [-0.4, -0.2) is 48.6 Å². The number of hydrogen-bond acceptors (Lipinski definition) is 7. The Bertz CT molecular complexity index is 1050. The molecule has 0 bridgehead atoms. The first kappa shape index (κ1) is 19.7. The van der Waals surface area contributed by atoms with E-state index >= 15 is 0 Å². The standard InChI is InChI=1S/C19H19ClN2O4S2/c1-27-16-10-12-15(28(16,25)26)7-6-11(18(12)20)19(24)17-13(4-2-5-14(17)23)22-9-3-8-21-22/h6-8,16H,2-5,9-10H2,1H3. The van der Waals surface area contributed by atoms with Gasteiger partial charge >= 0.3 is 0 Å². The van der Waals surface area contributed by atoms with E-state index < -0.39 is 20.2 Å². The Morgan fingerprint density at radius 2 is 2.11 bits per heavy atom. The molecular weight excluding hydrogens is 420 g/mol. The average Bonchev–Trinajstić information content (AvgIpc) is 3.28. The molecule has 2 heterocycles. The van der Waals surface area contributed by atoms with Gasteiger partial charge in [-0.15, -0.1) is 11.8 Å². The van der Waals surface area contributed by atoms with Crippen molar-refractivity contribution in [2.45, 2.75) is 41.6 Å². The minimum absolute atomic E-state index is 0.134. The van der Waals surface area contributed by atoms with E-state index in [0.717, 1.165) is 6.42 Å². The van der Waals surface area contributed by atoms with Gasteiger partial charge < -0.3 is 0 Å². The van der Waals surface area contributed by atoms with Gasteiger partial charge in [0.15, 0.2) is 21.4 Å². The minimum Gasteiger partial charge on any atom is -0.294 e. The largest absolute Gasteiger partial charge is 0.294 e. The summed E-state index contributed by atoms with van der Waals surface area (Å²) in [6.45, 7) is 0.644. The van der Waals surface area contributed by atoms with Crippen LogP contribution in [0.4, 0.5) is 0 Å². The smallest absolute Gasteiger partial charge is 0.199 e. The fourth-order valence-electron chi connectivity index (χ4n) is 3.94. The number of hydrazone groups is 1. The molecule has 9 heteroatoms. The third kappa shape index (κ3) is 3.02. The quantitative estimate of drug-likeness (QED) is 0.530. The van der Waals surface area contributed by atoms with Crippen molar-refractivity contribution >= 4 is 51.0 Å². The predicted octanol–water partition coefficient (Wildman–Crippen LogP) is 3.24. The number of rotatable bonds is 4. The number of carbonyl (C=O) groups is 2. The summed E-state index contributed by atoms with van der Waals surface area (Å²) in [6.07, 6.45) is 6.14. The lowest BCUT2D eigenvalue weighted by molar-refractivity contribution is -0.115. The van der Waals surface area contributed by atoms with Gasteiger partial charge in [0, 0.05) is 37.6 Å². The molecule has 0 amide bonds. The monoisotopic (exact) mass is 438 g/mol. The molecule has 0 spiro atoms. The molecule has 0 N–H and O–H groups in total. The number of fused-ring (bicyclic) bond motifs is 1. The maximum Gasteiger partial charge on any atom is 0.199 e. The van der Waals surface area contributed by atoms with Crippen LogP contribution in [-0.2, 0) is 21.1 Å². The summed E-state index contributed by atoms with van der Waals surface area (Å²) in [5.74, 6) is -0.654. The topological polar surface area (TPSA) is 83.9 Å². The van der Waals surface area contributed by atoms with Crippen molar-refractivity contribution in [3.05, 3.63) is 39.6 Å². The Morgan fingerprint density at radius 3 is 2.79 bits per heavy atom. The van der Waals surface area contributed by atoms with Crippen molar-refractivity contribution < 1.29 is 18.0 Å². The molecule has 3 aliphatic rings. The SMILES string of the molecule is CSC1Cc2c(ccc(C(=O)C3=C(N4CCC=N4)CCCC3=O)c2Cl)S1(=O)=O. The van der Waals surface area contributed by atoms with E-state index in [-0.39, 0.29) is 33.3 Å². The molecule has 1 atom stereocenters. The second-order valence-electron chi connectivity index (χ2n) is 6.96. The number of sulfone groups is 1. The molecule has 0 saturated heterocycles. The molecular formula is C19H19ClN2O4S2. The summed E-state index contributed by atoms with van der Waals surface area (Å²) in [5, 5.41) is 6.13. The molecule has 28 heavy (non-hydrogen) atoms. The van der Waals surface area contributed by atoms with Gasteiger partial charge in [-0.3, -0.25) is 14.6 Å². The van der Waals surface area contributed by atoms with Crippen LogP contribution in [0.25, 0.3) is 0 Å². The zero-order chi connectivity index (χ0) is 20.1. The van der Waals surface area contributed by atoms with Gasteiger partial charge in [-0.1, -0.05) is 11.6 Å². The highest BCUT2D eigenvalue weighted by Gasteiger charge is 2.40. The van der Waals surface area contributed by atoms with Crippen molar-refractivity contribution in [1.29, 1.82) is 0 Å². The van der Waals surface area contributed by atoms with E-state index in [1.807, 2.05) is 0 Å². The molecule has 1 aromatic rings. The molecule has 1 aliphatic carbocycles. The van der Waals surface area contributed by atoms with Crippen LogP contribution in [0.3, 0.4) is 0 Å². The maximum absolute atomic E-state index is 13.3. The Hall–Kier alpha value is -1.64. The van der Waals surface area contributed by atoms with Crippen LogP contribution in [0.2, 0.25) is 5.02 Å². The molecule has 0 radical (unpaired) electrons. The second-order valence-corrected chi connectivity index (χ2v) is 10.8. The fraction of sp³-hybridized carbons (Fsp3) is 0.421. The Balaban J connectivity index is 1.81. The lowest BCUT2D eigenvalue weighted by atomic mass is 9.88. The van der Waals surface area contributed by atoms with E-state index in [1.54, 1.807) is 17.5 Å². The summed E-state index contributed by atoms with van der Waals surface area (Å²) in [7, 11) is -3.46. The van der Waals surface area contributed by atoms with Crippen LogP contribution in [0.1, 0.15) is 41.6 Å². The third-order valence-corrected chi connectivity index (χ3v) is 9.66. The third-order valence-electron chi connectivity index (χ3n) is 5.35. The summed E-state index contributed by atoms with van der Waals surface area (Å²) < 4.78 is 24.6. The first-order valence-corrected chi connectivity index (χ1v) is 12.3. The lowest BCUT2D eigenvalue weighted by Gasteiger charge is -2.25. The Labute approximate surface area is 172 Å². The zero-order valence-electron chi connectivity index (χ0n) is 15.3. The molecule has 2 aliphatic heterocycles. The number of carbonyl (C=O) groups excluding carboxylic acids is 2. The van der Waals surface area contributed by atoms with Gasteiger partial charge in [-0.05, 0) is 36.8 Å². The van der Waals surface area contributed by atoms with E-state index in [2.05, 4.69) is 5.10 Å². The van der Waals surface area contributed by atoms with Gasteiger partial charge in [0.05, 0.1) is 21.2 Å². The summed E-state index contributed by atoms with van der Waals surface area (Å²) in [6, 6.07) is 2.88. The molecule has 1 aromatic carbocycles. The summed E-state index contributed by atoms with van der Waals surface area (Å²) in [5.41, 5.74) is 1.43. The number of thioether (sulfide) groups is 1. The lowest BCUT2D eigenvalue weighted by Crippen LogP contribution is -2.27. The fourth-order valence-corrected chi connectivity index (χ4v) is 7.44. The molecule has 1 unspecified atom stereocenters. The molecule has 0 aromatic heterocycles. The van der Waals surface area contributed by atoms with Gasteiger partial charge in [-0.25, -0.2) is 8.42 Å². The first-order chi connectivity index (χ1) is 13.4. The van der Waals surface area contributed by atoms with Crippen molar-refractivity contribution in [3.8, 4) is 0 Å². The van der Waals surface area contributed by atoms with Crippen LogP contribution in [0.15, 0.2) is 33.4 Å². The highest BCUT2D eigenvalue weighted by atomic mass is 35.5. The second kappa shape index (κ2) is 7.31. The number of Topliss-reactive ketones (excluding diaryl/α,β-unsaturated/α-hetero) is 2. The number of halogens is 1. The molecule has 0 saturated carbocycles. The highest BCUT2D eigenvalue weighted by molar-refractivity contribution is 8.13. The minimum atomic E-state index is -3.46. The van der Waals surface area contributed by atoms with Crippen LogP contribution >= 0.6 is 23.4 Å². The Morgan fingerprint density at radius 1 is 1.32 bits per heavy atom. The van der Waals surface area contributed by atoms with Gasteiger partial charge in [-0.2, -0.15) is 5.10 Å². The zero-order valence-corrected chi connectivity index (χ0v) is 17.7. The van der Waals surface area contributed by atoms with Crippen molar-refractivity contribution in [2.24, 2.45) is 5.10 Å². The van der Waals surface area contributed by atoms with Gasteiger partial charge in [0.1, 0.15) is 4.58 Å². The van der Waals surface area contributed by atoms with E-state index in [1.165, 1.54) is 23.9 Å². The number of hydrogen-bond donors (Lipinski definition) is 0. The predicted molar refractivity (Wildman–Crippen MR) is 110 cm³/mol. The van der Waals surface area contributed by atoms with Crippen molar-refractivity contribution in [3.63, 3.8) is 0 Å². The van der Waals surface area contributed by atoms with E-state index in [0.29, 0.717) is 37.1 Å². The maximum atomic E-state index is 13.3. The van der Waals surface area contributed by atoms with Crippen molar-refractivity contribution in [1.82, 2.24) is 5.01 Å². The first-order valence-electron chi connectivity index (χ1n) is 9.05. The van der Waals surface area contributed by atoms with E-state index in [4.69, 9.17) is 11.6 Å². The molecule has 148 valence electrons. The molecule has 4 rings (SSSR count). The van der Waals surface area contributed by atoms with Gasteiger partial charge in [0.25, 0.3) is 0 Å². The van der Waals surface area contributed by atoms with E-state index in [9.17, 15) is 18.0 Å². The average molecular weight is 439 g/mol. The molecule has 6 nitrogen and oxygen atoms in total. The summed E-state index contributed by atoms with van der Waals surface area (Å²) >= 11 is 7.75. The number of benzene rings is 1. The van der Waals surface area contributed by atoms with Gasteiger partial charge in [0.2, 0.25) is 0 Å². The number of nitrogens with zero attached hydrogens (tertiary/aromatic N) is 2. The Kier molecular flexibility index (Phi) is 5.14. The number of ketones is 2.